The maximum atomic E-state index is 14.1. The number of nitrogens with one attached hydrogen (secondary N) is 3. The Labute approximate surface area is 194 Å². The molecule has 0 bridgehead atoms. The molecule has 0 spiro atoms. The van der Waals surface area contributed by atoms with Gasteiger partial charge in [-0.15, -0.1) is 0 Å². The van der Waals surface area contributed by atoms with Gasteiger partial charge in [0.25, 0.3) is 0 Å². The molecule has 1 saturated heterocycles. The summed E-state index contributed by atoms with van der Waals surface area (Å²) >= 11 is 0. The molecule has 1 aliphatic heterocycles. The average Bonchev–Trinajstić information content (AvgIpc) is 2.80. The topological polar surface area (TPSA) is 85.9 Å². The highest BCUT2D eigenvalue weighted by Gasteiger charge is 2.22. The lowest BCUT2D eigenvalue weighted by atomic mass is 10.0. The predicted octanol–water partition coefficient (Wildman–Crippen LogP) is 3.44. The first-order valence-corrected chi connectivity index (χ1v) is 11.1. The maximum Gasteiger partial charge on any atom is 0.319 e. The molecule has 2 aromatic carbocycles. The van der Waals surface area contributed by atoms with Gasteiger partial charge in [0.1, 0.15) is 12.4 Å². The summed E-state index contributed by atoms with van der Waals surface area (Å²) in [5.74, 6) is -0.590. The van der Waals surface area contributed by atoms with Gasteiger partial charge >= 0.3 is 6.03 Å². The lowest BCUT2D eigenvalue weighted by molar-refractivity contribution is -0.119. The zero-order valence-electron chi connectivity index (χ0n) is 19.4. The van der Waals surface area contributed by atoms with Crippen LogP contribution in [0.3, 0.4) is 0 Å². The SMILES string of the molecule is CCN1CCN(c2ccc(F)cc2C(C)NC(=O)Nc2ccc(NC(=O)COC)cc2)CC1. The Morgan fingerprint density at radius 3 is 2.27 bits per heavy atom. The second kappa shape index (κ2) is 11.6. The molecule has 9 heteroatoms. The molecular weight excluding hydrogens is 425 g/mol. The van der Waals surface area contributed by atoms with Gasteiger partial charge in [-0.3, -0.25) is 4.79 Å². The average molecular weight is 458 g/mol. The highest BCUT2D eigenvalue weighted by atomic mass is 19.1. The van der Waals surface area contributed by atoms with Crippen LogP contribution in [0.1, 0.15) is 25.5 Å². The molecule has 0 aliphatic carbocycles. The van der Waals surface area contributed by atoms with Crippen LogP contribution in [-0.2, 0) is 9.53 Å². The first-order chi connectivity index (χ1) is 15.9. The Hall–Kier alpha value is -3.17. The minimum Gasteiger partial charge on any atom is -0.375 e. The lowest BCUT2D eigenvalue weighted by Gasteiger charge is -2.37. The Morgan fingerprint density at radius 2 is 1.67 bits per heavy atom. The van der Waals surface area contributed by atoms with E-state index in [9.17, 15) is 14.0 Å². The normalized spacial score (nSPS) is 15.1. The summed E-state index contributed by atoms with van der Waals surface area (Å²) in [6.07, 6.45) is 0. The predicted molar refractivity (Wildman–Crippen MR) is 128 cm³/mol. The quantitative estimate of drug-likeness (QED) is 0.566. The van der Waals surface area contributed by atoms with Crippen molar-refractivity contribution >= 4 is 29.0 Å². The summed E-state index contributed by atoms with van der Waals surface area (Å²) in [6, 6.07) is 10.7. The number of rotatable bonds is 8. The summed E-state index contributed by atoms with van der Waals surface area (Å²) in [5, 5.41) is 8.36. The molecule has 3 N–H and O–H groups in total. The van der Waals surface area contributed by atoms with E-state index in [2.05, 4.69) is 32.7 Å². The fourth-order valence-corrected chi connectivity index (χ4v) is 3.87. The van der Waals surface area contributed by atoms with Gasteiger partial charge in [-0.25, -0.2) is 9.18 Å². The summed E-state index contributed by atoms with van der Waals surface area (Å²) in [5.41, 5.74) is 2.85. The molecule has 0 saturated carbocycles. The smallest absolute Gasteiger partial charge is 0.319 e. The van der Waals surface area contributed by atoms with Crippen LogP contribution in [0.15, 0.2) is 42.5 Å². The standard InChI is InChI=1S/C24H32FN5O3/c1-4-29-11-13-30(14-12-29)22-10-5-18(25)15-21(22)17(2)26-24(32)28-20-8-6-19(7-9-20)27-23(31)16-33-3/h5-10,15,17H,4,11-14,16H2,1-3H3,(H,27,31)(H2,26,28,32). The number of hydrogen-bond acceptors (Lipinski definition) is 5. The number of ether oxygens (including phenoxy) is 1. The van der Waals surface area contributed by atoms with Crippen LogP contribution in [0.5, 0.6) is 0 Å². The van der Waals surface area contributed by atoms with Crippen LogP contribution in [0, 0.1) is 5.82 Å². The van der Waals surface area contributed by atoms with Crippen molar-refractivity contribution in [2.24, 2.45) is 0 Å². The molecule has 33 heavy (non-hydrogen) atoms. The van der Waals surface area contributed by atoms with Gasteiger partial charge in [0.15, 0.2) is 0 Å². The van der Waals surface area contributed by atoms with E-state index in [-0.39, 0.29) is 18.3 Å². The Morgan fingerprint density at radius 1 is 1.03 bits per heavy atom. The van der Waals surface area contributed by atoms with Crippen molar-refractivity contribution in [3.63, 3.8) is 0 Å². The van der Waals surface area contributed by atoms with E-state index in [1.54, 1.807) is 30.3 Å². The fourth-order valence-electron chi connectivity index (χ4n) is 3.87. The van der Waals surface area contributed by atoms with Crippen molar-refractivity contribution in [2.45, 2.75) is 19.9 Å². The number of benzene rings is 2. The van der Waals surface area contributed by atoms with Crippen LogP contribution in [0.2, 0.25) is 0 Å². The number of carbonyl (C=O) groups is 2. The number of carbonyl (C=O) groups excluding carboxylic acids is 2. The third kappa shape index (κ3) is 6.90. The molecule has 1 fully saturated rings. The summed E-state index contributed by atoms with van der Waals surface area (Å²) in [4.78, 5) is 28.8. The molecule has 3 rings (SSSR count). The number of likely N-dealkylation sites (N-methyl/N-ethyl adjacent to an activating group) is 1. The molecule has 3 amide bonds. The number of hydrogen-bond donors (Lipinski definition) is 3. The van der Waals surface area contributed by atoms with E-state index in [0.717, 1.165) is 44.0 Å². The van der Waals surface area contributed by atoms with Crippen LogP contribution >= 0.6 is 0 Å². The Bertz CT molecular complexity index is 946. The van der Waals surface area contributed by atoms with Crippen LogP contribution in [0.25, 0.3) is 0 Å². The first kappa shape index (κ1) is 24.5. The van der Waals surface area contributed by atoms with E-state index in [1.807, 2.05) is 6.92 Å². The number of urea groups is 1. The third-order valence-electron chi connectivity index (χ3n) is 5.67. The second-order valence-corrected chi connectivity index (χ2v) is 8.00. The molecule has 1 aliphatic rings. The van der Waals surface area contributed by atoms with Crippen molar-refractivity contribution in [1.82, 2.24) is 10.2 Å². The molecular formula is C24H32FN5O3. The van der Waals surface area contributed by atoms with E-state index in [0.29, 0.717) is 11.4 Å². The van der Waals surface area contributed by atoms with Crippen molar-refractivity contribution in [2.75, 3.05) is 62.0 Å². The van der Waals surface area contributed by atoms with Gasteiger partial charge < -0.3 is 30.5 Å². The van der Waals surface area contributed by atoms with Crippen molar-refractivity contribution < 1.29 is 18.7 Å². The number of halogens is 1. The van der Waals surface area contributed by atoms with Gasteiger partial charge in [-0.1, -0.05) is 6.92 Å². The number of piperazine rings is 1. The minimum absolute atomic E-state index is 0.0311. The highest BCUT2D eigenvalue weighted by Crippen LogP contribution is 2.28. The summed E-state index contributed by atoms with van der Waals surface area (Å²) in [7, 11) is 1.45. The zero-order valence-corrected chi connectivity index (χ0v) is 19.4. The maximum absolute atomic E-state index is 14.1. The largest absolute Gasteiger partial charge is 0.375 e. The first-order valence-electron chi connectivity index (χ1n) is 11.1. The van der Waals surface area contributed by atoms with Gasteiger partial charge in [0, 0.05) is 55.9 Å². The third-order valence-corrected chi connectivity index (χ3v) is 5.67. The Balaban J connectivity index is 1.61. The fraction of sp³-hybridized carbons (Fsp3) is 0.417. The van der Waals surface area contributed by atoms with Crippen molar-refractivity contribution in [3.8, 4) is 0 Å². The lowest BCUT2D eigenvalue weighted by Crippen LogP contribution is -2.46. The molecule has 2 aromatic rings. The van der Waals surface area contributed by atoms with Crippen LogP contribution < -0.4 is 20.9 Å². The van der Waals surface area contributed by atoms with E-state index in [1.165, 1.54) is 19.2 Å². The highest BCUT2D eigenvalue weighted by molar-refractivity contribution is 5.93. The number of methoxy groups -OCH3 is 1. The van der Waals surface area contributed by atoms with Gasteiger partial charge in [0.05, 0.1) is 6.04 Å². The van der Waals surface area contributed by atoms with E-state index >= 15 is 0 Å². The number of nitrogens with zero attached hydrogens (tertiary/aromatic N) is 2. The van der Waals surface area contributed by atoms with Gasteiger partial charge in [-0.05, 0) is 55.9 Å². The van der Waals surface area contributed by atoms with Crippen LogP contribution in [0.4, 0.5) is 26.2 Å². The second-order valence-electron chi connectivity index (χ2n) is 8.00. The minimum atomic E-state index is -0.398. The number of amides is 3. The summed E-state index contributed by atoms with van der Waals surface area (Å²) < 4.78 is 18.8. The van der Waals surface area contributed by atoms with E-state index in [4.69, 9.17) is 4.74 Å². The molecule has 0 aromatic heterocycles. The molecule has 1 atom stereocenters. The number of anilines is 3. The molecule has 1 heterocycles. The Kier molecular flexibility index (Phi) is 8.62. The molecule has 8 nitrogen and oxygen atoms in total. The molecule has 1 unspecified atom stereocenters. The van der Waals surface area contributed by atoms with Gasteiger partial charge in [0.2, 0.25) is 5.91 Å². The van der Waals surface area contributed by atoms with Gasteiger partial charge in [-0.2, -0.15) is 0 Å². The van der Waals surface area contributed by atoms with Crippen LogP contribution in [-0.4, -0.2) is 63.3 Å². The molecule has 178 valence electrons. The van der Waals surface area contributed by atoms with Crippen molar-refractivity contribution in [1.29, 1.82) is 0 Å². The molecule has 0 radical (unpaired) electrons. The summed E-state index contributed by atoms with van der Waals surface area (Å²) in [6.45, 7) is 8.61. The van der Waals surface area contributed by atoms with E-state index < -0.39 is 12.1 Å². The zero-order chi connectivity index (χ0) is 23.8. The monoisotopic (exact) mass is 457 g/mol. The van der Waals surface area contributed by atoms with Crippen molar-refractivity contribution in [3.05, 3.63) is 53.8 Å².